The van der Waals surface area contributed by atoms with E-state index >= 15 is 0 Å². The third-order valence-corrected chi connectivity index (χ3v) is 2.80. The summed E-state index contributed by atoms with van der Waals surface area (Å²) in [6.45, 7) is 2.80. The van der Waals surface area contributed by atoms with Crippen LogP contribution in [0, 0.1) is 0 Å². The Balaban J connectivity index is 2.57. The van der Waals surface area contributed by atoms with Gasteiger partial charge in [0.1, 0.15) is 5.75 Å². The summed E-state index contributed by atoms with van der Waals surface area (Å²) in [6.07, 6.45) is 3.32. The third-order valence-electron chi connectivity index (χ3n) is 2.18. The number of hydrogen-bond donors (Lipinski definition) is 1. The molecule has 88 valence electrons. The minimum absolute atomic E-state index is 0.257. The van der Waals surface area contributed by atoms with Gasteiger partial charge in [-0.25, -0.2) is 4.79 Å². The van der Waals surface area contributed by atoms with Gasteiger partial charge in [-0.15, -0.1) is 0 Å². The van der Waals surface area contributed by atoms with E-state index < -0.39 is 5.97 Å². The fourth-order valence-corrected chi connectivity index (χ4v) is 1.78. The first-order chi connectivity index (χ1) is 7.65. The van der Waals surface area contributed by atoms with Crippen LogP contribution in [0.15, 0.2) is 22.7 Å². The average molecular weight is 287 g/mol. The zero-order valence-corrected chi connectivity index (χ0v) is 10.8. The lowest BCUT2D eigenvalue weighted by atomic mass is 10.2. The van der Waals surface area contributed by atoms with E-state index in [1.54, 1.807) is 18.2 Å². The number of aromatic carboxylic acids is 1. The van der Waals surface area contributed by atoms with Crippen molar-refractivity contribution in [1.82, 2.24) is 0 Å². The van der Waals surface area contributed by atoms with E-state index in [0.29, 0.717) is 16.8 Å². The van der Waals surface area contributed by atoms with Crippen LogP contribution in [0.2, 0.25) is 0 Å². The molecule has 0 fully saturated rings. The summed E-state index contributed by atoms with van der Waals surface area (Å²) < 4.78 is 6.22. The van der Waals surface area contributed by atoms with Crippen LogP contribution in [0.5, 0.6) is 5.75 Å². The Morgan fingerprint density at radius 2 is 2.19 bits per heavy atom. The van der Waals surface area contributed by atoms with E-state index in [9.17, 15) is 4.79 Å². The fourth-order valence-electron chi connectivity index (χ4n) is 1.29. The Bertz CT molecular complexity index is 363. The van der Waals surface area contributed by atoms with Gasteiger partial charge in [0.2, 0.25) is 0 Å². The first kappa shape index (κ1) is 13.0. The molecular weight excluding hydrogens is 272 g/mol. The predicted molar refractivity (Wildman–Crippen MR) is 66.1 cm³/mol. The number of hydrogen-bond acceptors (Lipinski definition) is 2. The molecule has 0 aliphatic heterocycles. The van der Waals surface area contributed by atoms with Crippen molar-refractivity contribution in [3.63, 3.8) is 0 Å². The summed E-state index contributed by atoms with van der Waals surface area (Å²) in [6, 6.07) is 4.78. The molecule has 0 amide bonds. The van der Waals surface area contributed by atoms with Crippen molar-refractivity contribution in [3.8, 4) is 5.75 Å². The minimum atomic E-state index is -0.932. The van der Waals surface area contributed by atoms with Crippen molar-refractivity contribution >= 4 is 21.9 Å². The number of benzene rings is 1. The summed E-state index contributed by atoms with van der Waals surface area (Å²) in [4.78, 5) is 10.7. The standard InChI is InChI=1S/C12H15BrO3/c1-2-3-4-7-16-11-6-5-9(12(14)15)8-10(11)13/h5-6,8H,2-4,7H2,1H3,(H,14,15). The number of carbonyl (C=O) groups is 1. The molecule has 0 aromatic heterocycles. The lowest BCUT2D eigenvalue weighted by molar-refractivity contribution is 0.0697. The number of halogens is 1. The summed E-state index contributed by atoms with van der Waals surface area (Å²) in [7, 11) is 0. The van der Waals surface area contributed by atoms with E-state index in [0.717, 1.165) is 19.3 Å². The molecule has 0 bridgehead atoms. The molecule has 0 spiro atoms. The maximum Gasteiger partial charge on any atom is 0.335 e. The molecule has 4 heteroatoms. The van der Waals surface area contributed by atoms with Crippen LogP contribution in [0.25, 0.3) is 0 Å². The maximum absolute atomic E-state index is 10.7. The van der Waals surface area contributed by atoms with Crippen molar-refractivity contribution in [1.29, 1.82) is 0 Å². The molecule has 1 N–H and O–H groups in total. The topological polar surface area (TPSA) is 46.5 Å². The van der Waals surface area contributed by atoms with Crippen LogP contribution in [0.1, 0.15) is 36.5 Å². The molecule has 0 heterocycles. The molecule has 1 aromatic carbocycles. The highest BCUT2D eigenvalue weighted by Gasteiger charge is 2.07. The maximum atomic E-state index is 10.7. The van der Waals surface area contributed by atoms with Crippen LogP contribution >= 0.6 is 15.9 Å². The SMILES string of the molecule is CCCCCOc1ccc(C(=O)O)cc1Br. The summed E-state index contributed by atoms with van der Waals surface area (Å²) in [5.74, 6) is -0.237. The third kappa shape index (κ3) is 3.85. The Hall–Kier alpha value is -1.03. The van der Waals surface area contributed by atoms with Crippen molar-refractivity contribution in [2.45, 2.75) is 26.2 Å². The Labute approximate surface area is 104 Å². The van der Waals surface area contributed by atoms with Crippen LogP contribution in [0.3, 0.4) is 0 Å². The lowest BCUT2D eigenvalue weighted by Crippen LogP contribution is -2.00. The Kier molecular flexibility index (Phi) is 5.32. The van der Waals surface area contributed by atoms with E-state index in [1.807, 2.05) is 0 Å². The number of rotatable bonds is 6. The lowest BCUT2D eigenvalue weighted by Gasteiger charge is -2.08. The first-order valence-corrected chi connectivity index (χ1v) is 6.10. The highest BCUT2D eigenvalue weighted by Crippen LogP contribution is 2.26. The van der Waals surface area contributed by atoms with Crippen molar-refractivity contribution < 1.29 is 14.6 Å². The van der Waals surface area contributed by atoms with Crippen LogP contribution in [-0.4, -0.2) is 17.7 Å². The molecule has 0 saturated carbocycles. The highest BCUT2D eigenvalue weighted by molar-refractivity contribution is 9.10. The molecular formula is C12H15BrO3. The monoisotopic (exact) mass is 286 g/mol. The van der Waals surface area contributed by atoms with Crippen LogP contribution < -0.4 is 4.74 Å². The summed E-state index contributed by atoms with van der Waals surface area (Å²) in [5.41, 5.74) is 0.257. The molecule has 0 unspecified atom stereocenters. The van der Waals surface area contributed by atoms with Gasteiger partial charge < -0.3 is 9.84 Å². The van der Waals surface area contributed by atoms with Crippen LogP contribution in [-0.2, 0) is 0 Å². The van der Waals surface area contributed by atoms with Gasteiger partial charge in [-0.3, -0.25) is 0 Å². The fraction of sp³-hybridized carbons (Fsp3) is 0.417. The van der Waals surface area contributed by atoms with Gasteiger partial charge in [-0.1, -0.05) is 19.8 Å². The van der Waals surface area contributed by atoms with Crippen molar-refractivity contribution in [2.24, 2.45) is 0 Å². The zero-order valence-electron chi connectivity index (χ0n) is 9.20. The molecule has 1 rings (SSSR count). The van der Waals surface area contributed by atoms with Gasteiger partial charge in [-0.05, 0) is 40.5 Å². The molecule has 0 saturated heterocycles. The van der Waals surface area contributed by atoms with Crippen molar-refractivity contribution in [3.05, 3.63) is 28.2 Å². The van der Waals surface area contributed by atoms with Gasteiger partial charge in [0.15, 0.2) is 0 Å². The quantitative estimate of drug-likeness (QED) is 0.811. The van der Waals surface area contributed by atoms with E-state index in [1.165, 1.54) is 0 Å². The van der Waals surface area contributed by atoms with Crippen molar-refractivity contribution in [2.75, 3.05) is 6.61 Å². The zero-order chi connectivity index (χ0) is 12.0. The number of ether oxygens (including phenoxy) is 1. The van der Waals surface area contributed by atoms with E-state index in [-0.39, 0.29) is 5.56 Å². The Morgan fingerprint density at radius 3 is 2.75 bits per heavy atom. The number of carboxylic acid groups (broad SMARTS) is 1. The molecule has 0 radical (unpaired) electrons. The second-order valence-corrected chi connectivity index (χ2v) is 4.36. The number of carboxylic acids is 1. The summed E-state index contributed by atoms with van der Waals surface area (Å²) in [5, 5.41) is 8.78. The molecule has 3 nitrogen and oxygen atoms in total. The van der Waals surface area contributed by atoms with Crippen LogP contribution in [0.4, 0.5) is 0 Å². The average Bonchev–Trinajstić information content (AvgIpc) is 2.26. The predicted octanol–water partition coefficient (Wildman–Crippen LogP) is 3.72. The first-order valence-electron chi connectivity index (χ1n) is 5.30. The minimum Gasteiger partial charge on any atom is -0.492 e. The second-order valence-electron chi connectivity index (χ2n) is 3.51. The summed E-state index contributed by atoms with van der Waals surface area (Å²) >= 11 is 3.30. The van der Waals surface area contributed by atoms with E-state index in [2.05, 4.69) is 22.9 Å². The van der Waals surface area contributed by atoms with Gasteiger partial charge in [0.05, 0.1) is 16.6 Å². The van der Waals surface area contributed by atoms with E-state index in [4.69, 9.17) is 9.84 Å². The molecule has 0 atom stereocenters. The largest absolute Gasteiger partial charge is 0.492 e. The smallest absolute Gasteiger partial charge is 0.335 e. The molecule has 0 aliphatic carbocycles. The van der Waals surface area contributed by atoms with Gasteiger partial charge in [0.25, 0.3) is 0 Å². The second kappa shape index (κ2) is 6.53. The molecule has 0 aliphatic rings. The molecule has 16 heavy (non-hydrogen) atoms. The number of unbranched alkanes of at least 4 members (excludes halogenated alkanes) is 2. The van der Waals surface area contributed by atoms with Gasteiger partial charge in [-0.2, -0.15) is 0 Å². The van der Waals surface area contributed by atoms with Gasteiger partial charge >= 0.3 is 5.97 Å². The molecule has 1 aromatic rings. The Morgan fingerprint density at radius 1 is 1.44 bits per heavy atom. The highest BCUT2D eigenvalue weighted by atomic mass is 79.9. The van der Waals surface area contributed by atoms with Gasteiger partial charge in [0, 0.05) is 0 Å². The normalized spacial score (nSPS) is 10.1.